The van der Waals surface area contributed by atoms with E-state index in [1.807, 2.05) is 13.8 Å². The highest BCUT2D eigenvalue weighted by Gasteiger charge is 2.33. The fourth-order valence-electron chi connectivity index (χ4n) is 2.94. The van der Waals surface area contributed by atoms with Crippen molar-refractivity contribution in [1.82, 2.24) is 34.7 Å². The Bertz CT molecular complexity index is 1100. The molecule has 3 aromatic heterocycles. The number of carbonyl (C=O) groups is 1. The Morgan fingerprint density at radius 3 is 2.77 bits per heavy atom. The molecule has 1 N–H and O–H groups in total. The molecule has 0 saturated carbocycles. The second-order valence-corrected chi connectivity index (χ2v) is 7.01. The Kier molecular flexibility index (Phi) is 4.98. The van der Waals surface area contributed by atoms with Crippen LogP contribution in [-0.2, 0) is 4.74 Å². The lowest BCUT2D eigenvalue weighted by Gasteiger charge is -2.18. The van der Waals surface area contributed by atoms with Gasteiger partial charge in [-0.25, -0.2) is 19.1 Å². The number of nitrogens with one attached hydrogen (secondary N) is 1. The zero-order valence-electron chi connectivity index (χ0n) is 16.9. The van der Waals surface area contributed by atoms with Crippen LogP contribution in [0.15, 0.2) is 18.6 Å². The van der Waals surface area contributed by atoms with Gasteiger partial charge in [-0.2, -0.15) is 20.1 Å². The first-order chi connectivity index (χ1) is 14.3. The van der Waals surface area contributed by atoms with Gasteiger partial charge in [0.25, 0.3) is 0 Å². The van der Waals surface area contributed by atoms with E-state index in [4.69, 9.17) is 4.74 Å². The Morgan fingerprint density at radius 2 is 2.07 bits per heavy atom. The standard InChI is InChI=1S/C18H20FN9O2/c1-9-7-30-18(29)28(9)17-23-12(4)22-16(24-17)21-11(3)14-6-27(8-20-14)15-5-13(19)10(2)25-26-15/h5-6,8-9,11H,7H2,1-4H3,(H,21,22,23,24)/t9-,11-/m0/s1. The van der Waals surface area contributed by atoms with Crippen molar-refractivity contribution >= 4 is 18.0 Å². The molecule has 0 aromatic carbocycles. The van der Waals surface area contributed by atoms with E-state index >= 15 is 0 Å². The maximum absolute atomic E-state index is 13.8. The van der Waals surface area contributed by atoms with E-state index in [-0.39, 0.29) is 30.3 Å². The van der Waals surface area contributed by atoms with Gasteiger partial charge in [-0.1, -0.05) is 0 Å². The molecule has 2 atom stereocenters. The summed E-state index contributed by atoms with van der Waals surface area (Å²) in [6.07, 6.45) is 2.75. The molecule has 30 heavy (non-hydrogen) atoms. The molecule has 1 aliphatic rings. The van der Waals surface area contributed by atoms with Crippen molar-refractivity contribution < 1.29 is 13.9 Å². The number of rotatable bonds is 5. The topological polar surface area (TPSA) is 124 Å². The highest BCUT2D eigenvalue weighted by molar-refractivity contribution is 5.88. The predicted octanol–water partition coefficient (Wildman–Crippen LogP) is 2.12. The Balaban J connectivity index is 1.54. The molecule has 4 rings (SSSR count). The van der Waals surface area contributed by atoms with Gasteiger partial charge in [0.15, 0.2) is 5.82 Å². The molecule has 0 bridgehead atoms. The van der Waals surface area contributed by atoms with E-state index in [9.17, 15) is 9.18 Å². The number of nitrogens with zero attached hydrogens (tertiary/aromatic N) is 8. The molecule has 1 saturated heterocycles. The lowest BCUT2D eigenvalue weighted by molar-refractivity contribution is 0.179. The molecule has 0 unspecified atom stereocenters. The Morgan fingerprint density at radius 1 is 1.27 bits per heavy atom. The van der Waals surface area contributed by atoms with E-state index in [0.717, 1.165) is 0 Å². The molecule has 1 aliphatic heterocycles. The maximum atomic E-state index is 13.8. The minimum absolute atomic E-state index is 0.170. The predicted molar refractivity (Wildman–Crippen MR) is 104 cm³/mol. The van der Waals surface area contributed by atoms with Crippen LogP contribution in [-0.4, -0.2) is 53.4 Å². The van der Waals surface area contributed by atoms with Gasteiger partial charge in [0.2, 0.25) is 11.9 Å². The highest BCUT2D eigenvalue weighted by atomic mass is 19.1. The van der Waals surface area contributed by atoms with Gasteiger partial charge in [0.05, 0.1) is 23.5 Å². The molecule has 1 amide bonds. The second-order valence-electron chi connectivity index (χ2n) is 7.01. The summed E-state index contributed by atoms with van der Waals surface area (Å²) >= 11 is 0. The number of aromatic nitrogens is 7. The summed E-state index contributed by atoms with van der Waals surface area (Å²) in [6.45, 7) is 7.27. The second kappa shape index (κ2) is 7.61. The van der Waals surface area contributed by atoms with Gasteiger partial charge in [-0.05, 0) is 27.7 Å². The third-order valence-corrected chi connectivity index (χ3v) is 4.60. The molecule has 12 heteroatoms. The number of amides is 1. The van der Waals surface area contributed by atoms with Crippen LogP contribution in [0.25, 0.3) is 5.82 Å². The molecular weight excluding hydrogens is 393 g/mol. The summed E-state index contributed by atoms with van der Waals surface area (Å²) in [5, 5.41) is 10.9. The van der Waals surface area contributed by atoms with Crippen molar-refractivity contribution in [2.45, 2.75) is 39.8 Å². The molecule has 1 fully saturated rings. The van der Waals surface area contributed by atoms with Gasteiger partial charge in [-0.15, -0.1) is 5.10 Å². The van der Waals surface area contributed by atoms with Crippen LogP contribution < -0.4 is 10.2 Å². The molecule has 11 nitrogen and oxygen atoms in total. The molecule has 0 radical (unpaired) electrons. The number of anilines is 2. The minimum atomic E-state index is -0.489. The van der Waals surface area contributed by atoms with Crippen molar-refractivity contribution in [2.24, 2.45) is 0 Å². The quantitative estimate of drug-likeness (QED) is 0.670. The van der Waals surface area contributed by atoms with E-state index < -0.39 is 11.9 Å². The fraction of sp³-hybridized carbons (Fsp3) is 0.389. The third kappa shape index (κ3) is 3.75. The number of halogens is 1. The summed E-state index contributed by atoms with van der Waals surface area (Å²) < 4.78 is 20.4. The van der Waals surface area contributed by atoms with Crippen molar-refractivity contribution in [3.05, 3.63) is 41.6 Å². The van der Waals surface area contributed by atoms with Crippen LogP contribution >= 0.6 is 0 Å². The lowest BCUT2D eigenvalue weighted by atomic mass is 10.2. The normalized spacial score (nSPS) is 17.2. The smallest absolute Gasteiger partial charge is 0.417 e. The van der Waals surface area contributed by atoms with E-state index in [1.165, 1.54) is 17.3 Å². The van der Waals surface area contributed by atoms with Crippen molar-refractivity contribution in [2.75, 3.05) is 16.8 Å². The molecular formula is C18H20FN9O2. The molecule has 0 aliphatic carbocycles. The Labute approximate surface area is 171 Å². The first-order valence-electron chi connectivity index (χ1n) is 9.31. The number of hydrogen-bond donors (Lipinski definition) is 1. The lowest BCUT2D eigenvalue weighted by Crippen LogP contribution is -2.33. The fourth-order valence-corrected chi connectivity index (χ4v) is 2.94. The largest absolute Gasteiger partial charge is 0.447 e. The van der Waals surface area contributed by atoms with Gasteiger partial charge in [0, 0.05) is 12.3 Å². The number of carbonyl (C=O) groups excluding carboxylic acids is 1. The first kappa shape index (κ1) is 19.6. The maximum Gasteiger partial charge on any atom is 0.417 e. The van der Waals surface area contributed by atoms with Crippen molar-refractivity contribution in [3.8, 4) is 5.82 Å². The first-order valence-corrected chi connectivity index (χ1v) is 9.31. The van der Waals surface area contributed by atoms with Crippen molar-refractivity contribution in [3.63, 3.8) is 0 Å². The summed E-state index contributed by atoms with van der Waals surface area (Å²) in [5.74, 6) is 0.862. The summed E-state index contributed by atoms with van der Waals surface area (Å²) in [6, 6.07) is 0.840. The molecule has 4 heterocycles. The van der Waals surface area contributed by atoms with Gasteiger partial charge >= 0.3 is 6.09 Å². The average molecular weight is 413 g/mol. The Hall–Kier alpha value is -3.70. The van der Waals surface area contributed by atoms with E-state index in [2.05, 4.69) is 35.5 Å². The summed E-state index contributed by atoms with van der Waals surface area (Å²) in [4.78, 5) is 30.6. The summed E-state index contributed by atoms with van der Waals surface area (Å²) in [7, 11) is 0. The van der Waals surface area contributed by atoms with Gasteiger partial charge < -0.3 is 10.1 Å². The van der Waals surface area contributed by atoms with E-state index in [1.54, 1.807) is 24.6 Å². The van der Waals surface area contributed by atoms with Crippen LogP contribution in [0.3, 0.4) is 0 Å². The van der Waals surface area contributed by atoms with Crippen LogP contribution in [0.2, 0.25) is 0 Å². The zero-order valence-corrected chi connectivity index (χ0v) is 16.9. The monoisotopic (exact) mass is 413 g/mol. The van der Waals surface area contributed by atoms with Crippen LogP contribution in [0.1, 0.15) is 37.1 Å². The molecule has 0 spiro atoms. The van der Waals surface area contributed by atoms with Crippen LogP contribution in [0.4, 0.5) is 21.1 Å². The number of hydrogen-bond acceptors (Lipinski definition) is 9. The summed E-state index contributed by atoms with van der Waals surface area (Å²) in [5.41, 5.74) is 0.887. The number of cyclic esters (lactones) is 1. The number of aryl methyl sites for hydroxylation is 2. The van der Waals surface area contributed by atoms with Gasteiger partial charge in [0.1, 0.15) is 24.6 Å². The third-order valence-electron chi connectivity index (χ3n) is 4.60. The van der Waals surface area contributed by atoms with E-state index in [0.29, 0.717) is 23.3 Å². The SMILES string of the molecule is Cc1nc(N[C@@H](C)c2cn(-c3cc(F)c(C)nn3)cn2)nc(N2C(=O)OC[C@@H]2C)n1. The van der Waals surface area contributed by atoms with Crippen molar-refractivity contribution in [1.29, 1.82) is 0 Å². The highest BCUT2D eigenvalue weighted by Crippen LogP contribution is 2.22. The van der Waals surface area contributed by atoms with Crippen LogP contribution in [0, 0.1) is 19.7 Å². The van der Waals surface area contributed by atoms with Gasteiger partial charge in [-0.3, -0.25) is 4.57 Å². The molecule has 156 valence electrons. The minimum Gasteiger partial charge on any atom is -0.447 e. The number of imidazole rings is 1. The zero-order chi connectivity index (χ0) is 21.4. The average Bonchev–Trinajstić information content (AvgIpc) is 3.30. The number of ether oxygens (including phenoxy) is 1. The molecule has 3 aromatic rings. The van der Waals surface area contributed by atoms with Crippen LogP contribution in [0.5, 0.6) is 0 Å².